The molecule has 27 heavy (non-hydrogen) atoms. The molecule has 0 heterocycles. The zero-order valence-electron chi connectivity index (χ0n) is 16.5. The van der Waals surface area contributed by atoms with Crippen LogP contribution in [0.2, 0.25) is 0 Å². The molecule has 0 saturated heterocycles. The first-order chi connectivity index (χ1) is 12.4. The van der Waals surface area contributed by atoms with Crippen molar-refractivity contribution in [1.29, 1.82) is 0 Å². The van der Waals surface area contributed by atoms with Crippen LogP contribution in [0.1, 0.15) is 41.0 Å². The second-order valence-corrected chi connectivity index (χ2v) is 7.30. The van der Waals surface area contributed by atoms with E-state index in [0.29, 0.717) is 6.42 Å². The van der Waals surface area contributed by atoms with E-state index < -0.39 is 54.5 Å². The molecule has 0 fully saturated rings. The summed E-state index contributed by atoms with van der Waals surface area (Å²) in [6, 6.07) is -3.10. The van der Waals surface area contributed by atoms with Gasteiger partial charge >= 0.3 is 5.97 Å². The molecule has 0 aromatic rings. The van der Waals surface area contributed by atoms with E-state index in [1.165, 1.54) is 6.92 Å². The molecule has 7 N–H and O–H groups in total. The number of carbonyl (C=O) groups is 4. The first kappa shape index (κ1) is 24.8. The molecule has 10 heteroatoms. The highest BCUT2D eigenvalue weighted by Gasteiger charge is 2.30. The van der Waals surface area contributed by atoms with Crippen LogP contribution in [0.15, 0.2) is 0 Å². The number of rotatable bonds is 11. The number of carbonyl (C=O) groups excluding carboxylic acids is 3. The highest BCUT2D eigenvalue weighted by molar-refractivity contribution is 5.93. The molecular formula is C17H32N4O6. The Morgan fingerprint density at radius 1 is 0.926 bits per heavy atom. The number of aliphatic carboxylic acids is 1. The number of aliphatic hydroxyl groups excluding tert-OH is 1. The van der Waals surface area contributed by atoms with E-state index in [1.54, 1.807) is 13.8 Å². The van der Waals surface area contributed by atoms with Gasteiger partial charge in [-0.05, 0) is 25.2 Å². The first-order valence-corrected chi connectivity index (χ1v) is 8.90. The van der Waals surface area contributed by atoms with Gasteiger partial charge in [0.25, 0.3) is 0 Å². The number of aliphatic hydroxyl groups is 1. The Morgan fingerprint density at radius 3 is 1.89 bits per heavy atom. The Morgan fingerprint density at radius 2 is 1.48 bits per heavy atom. The highest BCUT2D eigenvalue weighted by atomic mass is 16.4. The summed E-state index contributed by atoms with van der Waals surface area (Å²) in [5, 5.41) is 25.4. The van der Waals surface area contributed by atoms with Gasteiger partial charge in [-0.2, -0.15) is 0 Å². The summed E-state index contributed by atoms with van der Waals surface area (Å²) in [6.07, 6.45) is -0.788. The molecule has 0 spiro atoms. The average Bonchev–Trinajstić information content (AvgIpc) is 2.54. The average molecular weight is 388 g/mol. The summed E-state index contributed by atoms with van der Waals surface area (Å²) < 4.78 is 0. The summed E-state index contributed by atoms with van der Waals surface area (Å²) >= 11 is 0. The predicted octanol–water partition coefficient (Wildman–Crippen LogP) is -1.43. The molecule has 4 unspecified atom stereocenters. The van der Waals surface area contributed by atoms with Gasteiger partial charge in [0.2, 0.25) is 17.7 Å². The zero-order chi connectivity index (χ0) is 21.3. The number of nitrogens with two attached hydrogens (primary N) is 1. The minimum Gasteiger partial charge on any atom is -0.480 e. The lowest BCUT2D eigenvalue weighted by Crippen LogP contribution is -2.58. The molecule has 0 radical (unpaired) electrons. The van der Waals surface area contributed by atoms with E-state index in [-0.39, 0.29) is 11.8 Å². The molecule has 4 atom stereocenters. The van der Waals surface area contributed by atoms with Crippen LogP contribution in [0.4, 0.5) is 0 Å². The second kappa shape index (κ2) is 11.5. The van der Waals surface area contributed by atoms with Gasteiger partial charge in [0.1, 0.15) is 24.7 Å². The van der Waals surface area contributed by atoms with Crippen molar-refractivity contribution >= 4 is 23.7 Å². The van der Waals surface area contributed by atoms with Crippen LogP contribution in [0.5, 0.6) is 0 Å². The van der Waals surface area contributed by atoms with Gasteiger partial charge in [0, 0.05) is 0 Å². The van der Waals surface area contributed by atoms with Crippen LogP contribution in [0, 0.1) is 11.8 Å². The van der Waals surface area contributed by atoms with Crippen LogP contribution in [0.3, 0.4) is 0 Å². The normalized spacial score (nSPS) is 15.6. The van der Waals surface area contributed by atoms with Crippen molar-refractivity contribution in [2.45, 2.75) is 65.3 Å². The highest BCUT2D eigenvalue weighted by Crippen LogP contribution is 2.08. The van der Waals surface area contributed by atoms with Crippen LogP contribution in [-0.4, -0.2) is 64.7 Å². The van der Waals surface area contributed by atoms with E-state index >= 15 is 0 Å². The number of carboxylic acid groups (broad SMARTS) is 1. The SMILES string of the molecule is CC(C)CC(NC(=O)C(N)C(C)O)C(=O)NC(C(=O)NCC(=O)O)C(C)C. The molecule has 0 bridgehead atoms. The Hall–Kier alpha value is -2.20. The minimum atomic E-state index is -1.20. The maximum Gasteiger partial charge on any atom is 0.322 e. The van der Waals surface area contributed by atoms with Gasteiger partial charge in [0.15, 0.2) is 0 Å². The molecule has 0 aromatic heterocycles. The third kappa shape index (κ3) is 9.34. The van der Waals surface area contributed by atoms with E-state index in [1.807, 2.05) is 13.8 Å². The standard InChI is InChI=1S/C17H32N4O6/c1-8(2)6-11(20-16(26)13(18)10(5)22)15(25)21-14(9(3)4)17(27)19-7-12(23)24/h8-11,13-14,22H,6-7,18H2,1-5H3,(H,19,27)(H,20,26)(H,21,25)(H,23,24). The minimum absolute atomic E-state index is 0.0576. The van der Waals surface area contributed by atoms with Crippen LogP contribution in [0.25, 0.3) is 0 Å². The number of hydrogen-bond donors (Lipinski definition) is 6. The smallest absolute Gasteiger partial charge is 0.322 e. The molecule has 10 nitrogen and oxygen atoms in total. The Bertz CT molecular complexity index is 536. The fraction of sp³-hybridized carbons (Fsp3) is 0.765. The van der Waals surface area contributed by atoms with Crippen molar-refractivity contribution < 1.29 is 29.4 Å². The van der Waals surface area contributed by atoms with Gasteiger partial charge in [-0.25, -0.2) is 0 Å². The molecule has 0 aliphatic carbocycles. The first-order valence-electron chi connectivity index (χ1n) is 8.90. The van der Waals surface area contributed by atoms with Crippen molar-refractivity contribution in [3.05, 3.63) is 0 Å². The number of nitrogens with one attached hydrogen (secondary N) is 3. The van der Waals surface area contributed by atoms with E-state index in [2.05, 4.69) is 16.0 Å². The largest absolute Gasteiger partial charge is 0.480 e. The van der Waals surface area contributed by atoms with Gasteiger partial charge in [0.05, 0.1) is 6.10 Å². The Labute approximate surface area is 159 Å². The number of amides is 3. The summed E-state index contributed by atoms with van der Waals surface area (Å²) in [6.45, 7) is 7.92. The van der Waals surface area contributed by atoms with Crippen molar-refractivity contribution in [2.24, 2.45) is 17.6 Å². The molecular weight excluding hydrogens is 356 g/mol. The van der Waals surface area contributed by atoms with Gasteiger partial charge in [-0.15, -0.1) is 0 Å². The Kier molecular flexibility index (Phi) is 10.6. The number of hydrogen-bond acceptors (Lipinski definition) is 6. The lowest BCUT2D eigenvalue weighted by atomic mass is 9.99. The van der Waals surface area contributed by atoms with Gasteiger partial charge < -0.3 is 31.9 Å². The van der Waals surface area contributed by atoms with Crippen LogP contribution < -0.4 is 21.7 Å². The lowest BCUT2D eigenvalue weighted by molar-refractivity contribution is -0.139. The monoisotopic (exact) mass is 388 g/mol. The maximum absolute atomic E-state index is 12.6. The van der Waals surface area contributed by atoms with Crippen LogP contribution >= 0.6 is 0 Å². The topological polar surface area (TPSA) is 171 Å². The van der Waals surface area contributed by atoms with Crippen molar-refractivity contribution in [1.82, 2.24) is 16.0 Å². The van der Waals surface area contributed by atoms with Gasteiger partial charge in [-0.1, -0.05) is 27.7 Å². The molecule has 0 rings (SSSR count). The quantitative estimate of drug-likeness (QED) is 0.252. The fourth-order valence-corrected chi connectivity index (χ4v) is 2.25. The van der Waals surface area contributed by atoms with E-state index in [4.69, 9.17) is 10.8 Å². The fourth-order valence-electron chi connectivity index (χ4n) is 2.25. The summed E-state index contributed by atoms with van der Waals surface area (Å²) in [5.74, 6) is -3.34. The lowest BCUT2D eigenvalue weighted by Gasteiger charge is -2.27. The summed E-state index contributed by atoms with van der Waals surface area (Å²) in [5.41, 5.74) is 5.59. The third-order valence-corrected chi connectivity index (χ3v) is 3.82. The Balaban J connectivity index is 5.19. The molecule has 0 saturated carbocycles. The maximum atomic E-state index is 12.6. The molecule has 3 amide bonds. The molecule has 0 aliphatic heterocycles. The third-order valence-electron chi connectivity index (χ3n) is 3.82. The van der Waals surface area contributed by atoms with Crippen molar-refractivity contribution in [2.75, 3.05) is 6.54 Å². The van der Waals surface area contributed by atoms with E-state index in [0.717, 1.165) is 0 Å². The number of carboxylic acids is 1. The van der Waals surface area contributed by atoms with E-state index in [9.17, 15) is 24.3 Å². The predicted molar refractivity (Wildman–Crippen MR) is 98.5 cm³/mol. The summed E-state index contributed by atoms with van der Waals surface area (Å²) in [4.78, 5) is 47.5. The molecule has 156 valence electrons. The van der Waals surface area contributed by atoms with Crippen molar-refractivity contribution in [3.8, 4) is 0 Å². The zero-order valence-corrected chi connectivity index (χ0v) is 16.5. The molecule has 0 aliphatic rings. The van der Waals surface area contributed by atoms with Crippen LogP contribution in [-0.2, 0) is 19.2 Å². The second-order valence-electron chi connectivity index (χ2n) is 7.30. The molecule has 0 aromatic carbocycles. The van der Waals surface area contributed by atoms with Crippen molar-refractivity contribution in [3.63, 3.8) is 0 Å². The summed E-state index contributed by atoms with van der Waals surface area (Å²) in [7, 11) is 0. The van der Waals surface area contributed by atoms with Gasteiger partial charge in [-0.3, -0.25) is 19.2 Å².